The molecule has 1 aromatic carbocycles. The topological polar surface area (TPSA) is 71.4 Å². The zero-order chi connectivity index (χ0) is 13.4. The molecule has 0 spiro atoms. The van der Waals surface area contributed by atoms with Gasteiger partial charge in [0, 0.05) is 12.5 Å². The first-order valence-corrected chi connectivity index (χ1v) is 5.79. The molecule has 0 aromatic heterocycles. The summed E-state index contributed by atoms with van der Waals surface area (Å²) < 4.78 is 60.5. The van der Waals surface area contributed by atoms with E-state index in [-0.39, 0.29) is 0 Å². The second-order valence-corrected chi connectivity index (χ2v) is 5.10. The van der Waals surface area contributed by atoms with Gasteiger partial charge in [0.05, 0.1) is 0 Å². The maximum absolute atomic E-state index is 12.9. The van der Waals surface area contributed by atoms with Gasteiger partial charge >= 0.3 is 0 Å². The highest BCUT2D eigenvalue weighted by molar-refractivity contribution is 7.91. The van der Waals surface area contributed by atoms with Crippen LogP contribution in [-0.2, 0) is 14.6 Å². The summed E-state index contributed by atoms with van der Waals surface area (Å²) in [6.07, 6.45) is 0. The smallest absolute Gasteiger partial charge is 0.300 e. The van der Waals surface area contributed by atoms with Gasteiger partial charge in [0.15, 0.2) is 11.6 Å². The summed E-state index contributed by atoms with van der Waals surface area (Å²) in [5, 5.41) is 7.42. The maximum Gasteiger partial charge on any atom is 0.300 e. The average Bonchev–Trinajstić information content (AvgIpc) is 2.18. The zero-order valence-electron chi connectivity index (χ0n) is 8.45. The van der Waals surface area contributed by atoms with Gasteiger partial charge in [0.25, 0.3) is 5.97 Å². The average molecular weight is 268 g/mol. The van der Waals surface area contributed by atoms with Crippen molar-refractivity contribution in [2.75, 3.05) is 0 Å². The van der Waals surface area contributed by atoms with E-state index in [4.69, 9.17) is 9.90 Å². The van der Waals surface area contributed by atoms with Gasteiger partial charge in [-0.05, 0) is 6.07 Å². The lowest BCUT2D eigenvalue weighted by atomic mass is 10.2. The monoisotopic (exact) mass is 268 g/mol. The molecule has 2 aliphatic heterocycles. The Hall–Kier alpha value is -1.57. The molecule has 94 valence electrons. The molecule has 0 fully saturated rings. The summed E-state index contributed by atoms with van der Waals surface area (Å²) >= 11 is 0. The lowest BCUT2D eigenvalue weighted by Crippen LogP contribution is -2.20. The SMILES string of the molecule is CC(=O)O.O=S1(=O)c2ccc(c(F)c2F)C1F. The fourth-order valence-electron chi connectivity index (χ4n) is 1.22. The molecule has 4 nitrogen and oxygen atoms in total. The summed E-state index contributed by atoms with van der Waals surface area (Å²) in [6.45, 7) is 1.08. The minimum Gasteiger partial charge on any atom is -0.481 e. The van der Waals surface area contributed by atoms with Gasteiger partial charge in [-0.25, -0.2) is 21.6 Å². The molecule has 2 heterocycles. The number of alkyl halides is 1. The number of hydrogen-bond donors (Lipinski definition) is 1. The second-order valence-electron chi connectivity index (χ2n) is 3.16. The normalized spacial score (nSPS) is 19.4. The molecule has 3 rings (SSSR count). The van der Waals surface area contributed by atoms with E-state index in [0.717, 1.165) is 19.1 Å². The molecule has 1 aromatic rings. The van der Waals surface area contributed by atoms with Gasteiger partial charge in [-0.3, -0.25) is 4.79 Å². The fourth-order valence-corrected chi connectivity index (χ4v) is 2.56. The largest absolute Gasteiger partial charge is 0.481 e. The van der Waals surface area contributed by atoms with Crippen molar-refractivity contribution in [2.45, 2.75) is 17.3 Å². The summed E-state index contributed by atoms with van der Waals surface area (Å²) in [5.74, 6) is -3.74. The van der Waals surface area contributed by atoms with Crippen LogP contribution in [0.1, 0.15) is 18.0 Å². The third-order valence-electron chi connectivity index (χ3n) is 1.90. The Balaban J connectivity index is 0.000000317. The molecule has 17 heavy (non-hydrogen) atoms. The first kappa shape index (κ1) is 13.5. The molecule has 0 amide bonds. The molecule has 0 radical (unpaired) electrons. The van der Waals surface area contributed by atoms with Gasteiger partial charge in [0.2, 0.25) is 15.3 Å². The van der Waals surface area contributed by atoms with Crippen molar-refractivity contribution in [3.8, 4) is 0 Å². The maximum atomic E-state index is 12.9. The third-order valence-corrected chi connectivity index (χ3v) is 3.63. The Morgan fingerprint density at radius 3 is 2.18 bits per heavy atom. The number of halogens is 3. The lowest BCUT2D eigenvalue weighted by Gasteiger charge is -2.18. The molecule has 0 saturated heterocycles. The van der Waals surface area contributed by atoms with Gasteiger partial charge in [-0.15, -0.1) is 0 Å². The summed E-state index contributed by atoms with van der Waals surface area (Å²) in [4.78, 5) is 8.09. The minimum absolute atomic E-state index is 0.757. The van der Waals surface area contributed by atoms with E-state index in [9.17, 15) is 21.6 Å². The number of aliphatic carboxylic acids is 1. The molecule has 2 bridgehead atoms. The number of benzene rings is 1. The van der Waals surface area contributed by atoms with E-state index in [0.29, 0.717) is 0 Å². The third kappa shape index (κ3) is 2.26. The van der Waals surface area contributed by atoms with Crippen molar-refractivity contribution in [1.82, 2.24) is 0 Å². The number of sulfone groups is 1. The van der Waals surface area contributed by atoms with Crippen LogP contribution in [0.15, 0.2) is 17.0 Å². The molecule has 1 unspecified atom stereocenters. The van der Waals surface area contributed by atoms with Crippen LogP contribution in [-0.4, -0.2) is 19.5 Å². The molecule has 0 saturated carbocycles. The van der Waals surface area contributed by atoms with Crippen molar-refractivity contribution in [2.24, 2.45) is 0 Å². The van der Waals surface area contributed by atoms with Crippen LogP contribution < -0.4 is 0 Å². The highest BCUT2D eigenvalue weighted by Gasteiger charge is 2.41. The first-order valence-electron chi connectivity index (χ1n) is 4.25. The van der Waals surface area contributed by atoms with Crippen molar-refractivity contribution in [3.05, 3.63) is 29.3 Å². The number of carbonyl (C=O) groups is 1. The number of carboxylic acid groups (broad SMARTS) is 1. The minimum atomic E-state index is -4.33. The van der Waals surface area contributed by atoms with Gasteiger partial charge in [-0.1, -0.05) is 6.07 Å². The van der Waals surface area contributed by atoms with Crippen LogP contribution in [0.5, 0.6) is 0 Å². The molecule has 1 N–H and O–H groups in total. The van der Waals surface area contributed by atoms with E-state index in [1.165, 1.54) is 0 Å². The Bertz CT molecular complexity index is 564. The van der Waals surface area contributed by atoms with E-state index in [2.05, 4.69) is 0 Å². The zero-order valence-corrected chi connectivity index (χ0v) is 9.26. The van der Waals surface area contributed by atoms with Crippen LogP contribution in [0.3, 0.4) is 0 Å². The second kappa shape index (κ2) is 4.36. The molecule has 1 atom stereocenters. The standard InChI is InChI=1S/C7H3F3O2S.C2H4O2/c8-5-3-1-2-4(6(5)9)13(11,12)7(3)10;1-2(3)4/h1-2,7H;1H3,(H,3,4). The Kier molecular flexibility index (Phi) is 3.46. The molecular formula is C9H7F3O4S. The van der Waals surface area contributed by atoms with Crippen molar-refractivity contribution >= 4 is 15.8 Å². The summed E-state index contributed by atoms with van der Waals surface area (Å²) in [6, 6.07) is 1.79. The number of fused-ring (bicyclic) bond motifs is 3. The first-order chi connectivity index (χ1) is 7.69. The molecule has 0 aliphatic carbocycles. The van der Waals surface area contributed by atoms with E-state index < -0.39 is 43.4 Å². The van der Waals surface area contributed by atoms with Gasteiger partial charge in [-0.2, -0.15) is 0 Å². The van der Waals surface area contributed by atoms with Crippen LogP contribution >= 0.6 is 0 Å². The Labute approximate surface area is 94.6 Å². The van der Waals surface area contributed by atoms with Gasteiger partial charge in [0.1, 0.15) is 4.90 Å². The summed E-state index contributed by atoms with van der Waals surface area (Å²) in [7, 11) is -4.33. The Morgan fingerprint density at radius 2 is 1.76 bits per heavy atom. The number of rotatable bonds is 0. The van der Waals surface area contributed by atoms with Crippen molar-refractivity contribution in [1.29, 1.82) is 0 Å². The highest BCUT2D eigenvalue weighted by atomic mass is 32.2. The summed E-state index contributed by atoms with van der Waals surface area (Å²) in [5.41, 5.74) is -3.22. The highest BCUT2D eigenvalue weighted by Crippen LogP contribution is 2.40. The van der Waals surface area contributed by atoms with Gasteiger partial charge < -0.3 is 5.11 Å². The van der Waals surface area contributed by atoms with Crippen molar-refractivity contribution in [3.63, 3.8) is 0 Å². The van der Waals surface area contributed by atoms with Crippen LogP contribution in [0.25, 0.3) is 0 Å². The molecule has 2 aliphatic rings. The van der Waals surface area contributed by atoms with Crippen LogP contribution in [0.4, 0.5) is 13.2 Å². The predicted octanol–water partition coefficient (Wildman–Crippen LogP) is 1.81. The molecule has 8 heteroatoms. The Morgan fingerprint density at radius 1 is 1.29 bits per heavy atom. The van der Waals surface area contributed by atoms with E-state index in [1.54, 1.807) is 0 Å². The van der Waals surface area contributed by atoms with Crippen LogP contribution in [0.2, 0.25) is 0 Å². The number of carboxylic acids is 1. The quantitative estimate of drug-likeness (QED) is 0.779. The number of hydrogen-bond acceptors (Lipinski definition) is 3. The predicted molar refractivity (Wildman–Crippen MR) is 50.7 cm³/mol. The fraction of sp³-hybridized carbons (Fsp3) is 0.222. The van der Waals surface area contributed by atoms with Crippen molar-refractivity contribution < 1.29 is 31.5 Å². The lowest BCUT2D eigenvalue weighted by molar-refractivity contribution is -0.134. The van der Waals surface area contributed by atoms with E-state index >= 15 is 0 Å². The molecular weight excluding hydrogens is 261 g/mol. The van der Waals surface area contributed by atoms with E-state index in [1.807, 2.05) is 0 Å². The van der Waals surface area contributed by atoms with Crippen LogP contribution in [0, 0.1) is 11.6 Å².